The van der Waals surface area contributed by atoms with Gasteiger partial charge in [0.1, 0.15) is 0 Å². The SMILES string of the molecule is NCC(NCc1cccs1)c1csc2ccccc12. The van der Waals surface area contributed by atoms with Crippen LogP contribution in [0.4, 0.5) is 0 Å². The lowest BCUT2D eigenvalue weighted by Crippen LogP contribution is -2.27. The number of hydrogen-bond donors (Lipinski definition) is 2. The molecule has 0 amide bonds. The smallest absolute Gasteiger partial charge is 0.0461 e. The maximum Gasteiger partial charge on any atom is 0.0461 e. The number of benzene rings is 1. The van der Waals surface area contributed by atoms with Crippen LogP contribution in [0.5, 0.6) is 0 Å². The van der Waals surface area contributed by atoms with Crippen molar-refractivity contribution in [2.45, 2.75) is 12.6 Å². The Labute approximate surface area is 120 Å². The van der Waals surface area contributed by atoms with Crippen LogP contribution in [-0.4, -0.2) is 6.54 Å². The van der Waals surface area contributed by atoms with Crippen molar-refractivity contribution in [1.29, 1.82) is 0 Å². The van der Waals surface area contributed by atoms with E-state index in [1.165, 1.54) is 20.5 Å². The molecule has 98 valence electrons. The van der Waals surface area contributed by atoms with Crippen molar-refractivity contribution >= 4 is 32.8 Å². The van der Waals surface area contributed by atoms with E-state index < -0.39 is 0 Å². The largest absolute Gasteiger partial charge is 0.329 e. The van der Waals surface area contributed by atoms with Crippen molar-refractivity contribution in [3.63, 3.8) is 0 Å². The summed E-state index contributed by atoms with van der Waals surface area (Å²) in [6.45, 7) is 1.50. The van der Waals surface area contributed by atoms with Gasteiger partial charge in [-0.1, -0.05) is 24.3 Å². The van der Waals surface area contributed by atoms with Crippen molar-refractivity contribution in [3.8, 4) is 0 Å². The predicted octanol–water partition coefficient (Wildman–Crippen LogP) is 3.75. The highest BCUT2D eigenvalue weighted by molar-refractivity contribution is 7.17. The molecule has 0 aliphatic heterocycles. The van der Waals surface area contributed by atoms with Crippen LogP contribution in [0.3, 0.4) is 0 Å². The van der Waals surface area contributed by atoms with Crippen molar-refractivity contribution in [2.75, 3.05) is 6.54 Å². The Morgan fingerprint density at radius 2 is 2.00 bits per heavy atom. The number of hydrogen-bond acceptors (Lipinski definition) is 4. The second kappa shape index (κ2) is 5.84. The second-order valence-electron chi connectivity index (χ2n) is 4.44. The number of rotatable bonds is 5. The minimum absolute atomic E-state index is 0.221. The molecule has 3 N–H and O–H groups in total. The van der Waals surface area contributed by atoms with E-state index in [-0.39, 0.29) is 6.04 Å². The van der Waals surface area contributed by atoms with Crippen molar-refractivity contribution in [2.24, 2.45) is 5.73 Å². The maximum atomic E-state index is 5.94. The summed E-state index contributed by atoms with van der Waals surface area (Å²) in [5, 5.41) is 9.21. The summed E-state index contributed by atoms with van der Waals surface area (Å²) >= 11 is 3.56. The first kappa shape index (κ1) is 12.8. The van der Waals surface area contributed by atoms with E-state index in [1.54, 1.807) is 22.7 Å². The molecule has 0 saturated carbocycles. The Kier molecular flexibility index (Phi) is 3.94. The first-order valence-corrected chi connectivity index (χ1v) is 8.06. The average molecular weight is 288 g/mol. The standard InChI is InChI=1S/C15H16N2S2/c16-8-14(17-9-11-4-3-7-18-11)13-10-19-15-6-2-1-5-12(13)15/h1-7,10,14,17H,8-9,16H2. The molecule has 1 aromatic carbocycles. The minimum Gasteiger partial charge on any atom is -0.329 e. The fourth-order valence-electron chi connectivity index (χ4n) is 2.23. The highest BCUT2D eigenvalue weighted by atomic mass is 32.1. The van der Waals surface area contributed by atoms with Crippen LogP contribution in [0.25, 0.3) is 10.1 Å². The van der Waals surface area contributed by atoms with Gasteiger partial charge in [-0.05, 0) is 33.8 Å². The van der Waals surface area contributed by atoms with Gasteiger partial charge < -0.3 is 11.1 Å². The lowest BCUT2D eigenvalue weighted by atomic mass is 10.1. The van der Waals surface area contributed by atoms with Gasteiger partial charge in [0.15, 0.2) is 0 Å². The van der Waals surface area contributed by atoms with E-state index in [9.17, 15) is 0 Å². The zero-order valence-electron chi connectivity index (χ0n) is 10.5. The Morgan fingerprint density at radius 3 is 2.79 bits per heavy atom. The monoisotopic (exact) mass is 288 g/mol. The van der Waals surface area contributed by atoms with Gasteiger partial charge in [0, 0.05) is 28.7 Å². The lowest BCUT2D eigenvalue weighted by molar-refractivity contribution is 0.549. The van der Waals surface area contributed by atoms with E-state index in [1.807, 2.05) is 0 Å². The number of fused-ring (bicyclic) bond motifs is 1. The first-order chi connectivity index (χ1) is 9.38. The van der Waals surface area contributed by atoms with Gasteiger partial charge >= 0.3 is 0 Å². The first-order valence-electron chi connectivity index (χ1n) is 6.30. The van der Waals surface area contributed by atoms with E-state index in [0.717, 1.165) is 6.54 Å². The Hall–Kier alpha value is -1.20. The summed E-state index contributed by atoms with van der Waals surface area (Å²) in [6, 6.07) is 13.0. The highest BCUT2D eigenvalue weighted by Gasteiger charge is 2.13. The van der Waals surface area contributed by atoms with E-state index in [4.69, 9.17) is 5.73 Å². The van der Waals surface area contributed by atoms with Crippen LogP contribution < -0.4 is 11.1 Å². The van der Waals surface area contributed by atoms with Crippen LogP contribution in [0.15, 0.2) is 47.2 Å². The molecular formula is C15H16N2S2. The van der Waals surface area contributed by atoms with Crippen molar-refractivity contribution in [3.05, 3.63) is 57.6 Å². The summed E-state index contributed by atoms with van der Waals surface area (Å²) in [5.74, 6) is 0. The quantitative estimate of drug-likeness (QED) is 0.750. The van der Waals surface area contributed by atoms with Gasteiger partial charge in [-0.3, -0.25) is 0 Å². The van der Waals surface area contributed by atoms with E-state index in [0.29, 0.717) is 6.54 Å². The fraction of sp³-hybridized carbons (Fsp3) is 0.200. The molecule has 3 rings (SSSR count). The zero-order valence-corrected chi connectivity index (χ0v) is 12.1. The molecule has 3 aromatic rings. The molecule has 0 aliphatic rings. The van der Waals surface area contributed by atoms with Crippen LogP contribution in [0.1, 0.15) is 16.5 Å². The van der Waals surface area contributed by atoms with Gasteiger partial charge in [0.05, 0.1) is 0 Å². The van der Waals surface area contributed by atoms with Crippen LogP contribution in [0.2, 0.25) is 0 Å². The number of thiophene rings is 2. The molecule has 1 unspecified atom stereocenters. The third kappa shape index (κ3) is 2.72. The van der Waals surface area contributed by atoms with Gasteiger partial charge in [0.25, 0.3) is 0 Å². The van der Waals surface area contributed by atoms with Crippen LogP contribution in [0, 0.1) is 0 Å². The lowest BCUT2D eigenvalue weighted by Gasteiger charge is -2.16. The maximum absolute atomic E-state index is 5.94. The summed E-state index contributed by atoms with van der Waals surface area (Å²) in [6.07, 6.45) is 0. The fourth-order valence-corrected chi connectivity index (χ4v) is 3.90. The molecule has 0 fully saturated rings. The highest BCUT2D eigenvalue weighted by Crippen LogP contribution is 2.30. The van der Waals surface area contributed by atoms with Gasteiger partial charge in [-0.15, -0.1) is 22.7 Å². The normalized spacial score (nSPS) is 12.9. The Bertz CT molecular complexity index is 643. The Balaban J connectivity index is 1.81. The predicted molar refractivity (Wildman–Crippen MR) is 84.8 cm³/mol. The Morgan fingerprint density at radius 1 is 1.11 bits per heavy atom. The number of nitrogens with two attached hydrogens (primary N) is 1. The summed E-state index contributed by atoms with van der Waals surface area (Å²) < 4.78 is 1.33. The molecule has 0 saturated heterocycles. The molecule has 2 aromatic heterocycles. The van der Waals surface area contributed by atoms with E-state index >= 15 is 0 Å². The molecule has 2 heterocycles. The van der Waals surface area contributed by atoms with E-state index in [2.05, 4.69) is 52.5 Å². The third-order valence-electron chi connectivity index (χ3n) is 3.22. The molecule has 4 heteroatoms. The van der Waals surface area contributed by atoms with Crippen LogP contribution in [-0.2, 0) is 6.54 Å². The summed E-state index contributed by atoms with van der Waals surface area (Å²) in [5.41, 5.74) is 7.26. The molecule has 0 bridgehead atoms. The molecular weight excluding hydrogens is 272 g/mol. The number of nitrogens with one attached hydrogen (secondary N) is 1. The van der Waals surface area contributed by atoms with Gasteiger partial charge in [0.2, 0.25) is 0 Å². The topological polar surface area (TPSA) is 38.0 Å². The zero-order chi connectivity index (χ0) is 13.1. The van der Waals surface area contributed by atoms with Gasteiger partial charge in [-0.25, -0.2) is 0 Å². The third-order valence-corrected chi connectivity index (χ3v) is 5.08. The summed E-state index contributed by atoms with van der Waals surface area (Å²) in [7, 11) is 0. The van der Waals surface area contributed by atoms with Crippen LogP contribution >= 0.6 is 22.7 Å². The van der Waals surface area contributed by atoms with Gasteiger partial charge in [-0.2, -0.15) is 0 Å². The second-order valence-corrected chi connectivity index (χ2v) is 6.38. The minimum atomic E-state index is 0.221. The molecule has 2 nitrogen and oxygen atoms in total. The molecule has 0 spiro atoms. The molecule has 19 heavy (non-hydrogen) atoms. The van der Waals surface area contributed by atoms with Crippen molar-refractivity contribution < 1.29 is 0 Å². The molecule has 0 radical (unpaired) electrons. The summed E-state index contributed by atoms with van der Waals surface area (Å²) in [4.78, 5) is 1.35. The van der Waals surface area contributed by atoms with Crippen molar-refractivity contribution in [1.82, 2.24) is 5.32 Å². The molecule has 1 atom stereocenters. The average Bonchev–Trinajstić information content (AvgIpc) is 3.09. The molecule has 0 aliphatic carbocycles.